The van der Waals surface area contributed by atoms with Gasteiger partial charge in [-0.1, -0.05) is 36.4 Å². The largest absolute Gasteiger partial charge is 0.508 e. The SMILES string of the molecule is O=Cc1ccc2ccc(O)cc2c1-c1c(C=O)ccc2ccc(O)cc12. The smallest absolute Gasteiger partial charge is 0.150 e. The first kappa shape index (κ1) is 15.8. The summed E-state index contributed by atoms with van der Waals surface area (Å²) in [5.74, 6) is 0.134. The van der Waals surface area contributed by atoms with Gasteiger partial charge in [-0.05, 0) is 45.8 Å². The highest BCUT2D eigenvalue weighted by molar-refractivity contribution is 6.14. The molecule has 0 heterocycles. The van der Waals surface area contributed by atoms with Crippen molar-refractivity contribution < 1.29 is 19.8 Å². The van der Waals surface area contributed by atoms with Gasteiger partial charge in [-0.3, -0.25) is 9.59 Å². The van der Waals surface area contributed by atoms with Crippen molar-refractivity contribution in [3.8, 4) is 22.6 Å². The molecule has 126 valence electrons. The van der Waals surface area contributed by atoms with Crippen LogP contribution in [0, 0.1) is 0 Å². The van der Waals surface area contributed by atoms with Gasteiger partial charge in [0.25, 0.3) is 0 Å². The molecule has 0 bridgehead atoms. The van der Waals surface area contributed by atoms with Crippen molar-refractivity contribution in [1.82, 2.24) is 0 Å². The van der Waals surface area contributed by atoms with Crippen molar-refractivity contribution in [3.05, 3.63) is 71.8 Å². The number of hydrogen-bond acceptors (Lipinski definition) is 4. The zero-order chi connectivity index (χ0) is 18.3. The van der Waals surface area contributed by atoms with Crippen molar-refractivity contribution in [2.24, 2.45) is 0 Å². The Morgan fingerprint density at radius 1 is 0.577 bits per heavy atom. The lowest BCUT2D eigenvalue weighted by Crippen LogP contribution is -1.96. The summed E-state index contributed by atoms with van der Waals surface area (Å²) >= 11 is 0. The minimum absolute atomic E-state index is 0.0672. The summed E-state index contributed by atoms with van der Waals surface area (Å²) in [6.45, 7) is 0. The number of carbonyl (C=O) groups excluding carboxylic acids is 2. The Balaban J connectivity index is 2.26. The van der Waals surface area contributed by atoms with Crippen LogP contribution in [-0.4, -0.2) is 22.8 Å². The third-order valence-corrected chi connectivity index (χ3v) is 4.58. The monoisotopic (exact) mass is 342 g/mol. The summed E-state index contributed by atoms with van der Waals surface area (Å²) in [4.78, 5) is 23.5. The van der Waals surface area contributed by atoms with Gasteiger partial charge >= 0.3 is 0 Å². The Morgan fingerprint density at radius 3 is 1.35 bits per heavy atom. The highest BCUT2D eigenvalue weighted by atomic mass is 16.3. The average Bonchev–Trinajstić information content (AvgIpc) is 2.66. The molecule has 0 aliphatic rings. The first-order valence-corrected chi connectivity index (χ1v) is 8.04. The Kier molecular flexibility index (Phi) is 3.66. The van der Waals surface area contributed by atoms with E-state index < -0.39 is 0 Å². The fourth-order valence-electron chi connectivity index (χ4n) is 3.40. The molecule has 0 aliphatic heterocycles. The number of aldehydes is 2. The third kappa shape index (κ3) is 2.40. The predicted molar refractivity (Wildman–Crippen MR) is 101 cm³/mol. The average molecular weight is 342 g/mol. The lowest BCUT2D eigenvalue weighted by atomic mass is 9.87. The maximum atomic E-state index is 11.7. The van der Waals surface area contributed by atoms with Crippen LogP contribution in [0.4, 0.5) is 0 Å². The Hall–Kier alpha value is -3.66. The minimum Gasteiger partial charge on any atom is -0.508 e. The number of phenolic OH excluding ortho intramolecular Hbond substituents is 2. The fraction of sp³-hybridized carbons (Fsp3) is 0. The molecule has 4 aromatic rings. The lowest BCUT2D eigenvalue weighted by Gasteiger charge is -2.15. The molecule has 0 unspecified atom stereocenters. The van der Waals surface area contributed by atoms with Crippen LogP contribution >= 0.6 is 0 Å². The molecule has 0 aliphatic carbocycles. The summed E-state index contributed by atoms with van der Waals surface area (Å²) < 4.78 is 0. The van der Waals surface area contributed by atoms with Crippen molar-refractivity contribution in [3.63, 3.8) is 0 Å². The first-order chi connectivity index (χ1) is 12.6. The molecule has 4 nitrogen and oxygen atoms in total. The standard InChI is InChI=1S/C22H14O4/c23-11-15-3-1-13-5-7-17(25)9-19(13)21(15)22-16(12-24)4-2-14-6-8-18(26)10-20(14)22/h1-12,25-26H. The molecule has 0 amide bonds. The number of fused-ring (bicyclic) bond motifs is 2. The van der Waals surface area contributed by atoms with Gasteiger partial charge in [0, 0.05) is 22.3 Å². The molecule has 2 N–H and O–H groups in total. The Bertz CT molecular complexity index is 1100. The van der Waals surface area contributed by atoms with Crippen LogP contribution in [0.25, 0.3) is 32.7 Å². The maximum Gasteiger partial charge on any atom is 0.150 e. The molecule has 0 spiro atoms. The van der Waals surface area contributed by atoms with E-state index in [-0.39, 0.29) is 11.5 Å². The summed E-state index contributed by atoms with van der Waals surface area (Å²) in [5, 5.41) is 22.9. The molecule has 0 saturated carbocycles. The van der Waals surface area contributed by atoms with Crippen molar-refractivity contribution >= 4 is 34.1 Å². The van der Waals surface area contributed by atoms with E-state index in [9.17, 15) is 19.8 Å². The molecule has 0 radical (unpaired) electrons. The fourth-order valence-corrected chi connectivity index (χ4v) is 3.40. The summed E-state index contributed by atoms with van der Waals surface area (Å²) in [6.07, 6.45) is 1.46. The van der Waals surface area contributed by atoms with E-state index in [1.54, 1.807) is 60.7 Å². The molecule has 4 rings (SSSR count). The molecular weight excluding hydrogens is 328 g/mol. The van der Waals surface area contributed by atoms with E-state index in [1.165, 1.54) is 0 Å². The second-order valence-electron chi connectivity index (χ2n) is 6.11. The predicted octanol–water partition coefficient (Wildman–Crippen LogP) is 4.70. The highest BCUT2D eigenvalue weighted by Crippen LogP contribution is 2.40. The molecule has 0 aromatic heterocycles. The lowest BCUT2D eigenvalue weighted by molar-refractivity contribution is 0.111. The Labute approximate surface area is 148 Å². The van der Waals surface area contributed by atoms with E-state index in [4.69, 9.17) is 0 Å². The van der Waals surface area contributed by atoms with Crippen LogP contribution in [0.5, 0.6) is 11.5 Å². The van der Waals surface area contributed by atoms with Gasteiger partial charge in [-0.25, -0.2) is 0 Å². The number of benzene rings is 4. The second kappa shape index (κ2) is 6.01. The zero-order valence-corrected chi connectivity index (χ0v) is 13.6. The number of carbonyl (C=O) groups is 2. The number of hydrogen-bond donors (Lipinski definition) is 2. The van der Waals surface area contributed by atoms with Gasteiger partial charge in [0.2, 0.25) is 0 Å². The van der Waals surface area contributed by atoms with E-state index in [0.717, 1.165) is 23.3 Å². The molecule has 4 aromatic carbocycles. The molecule has 0 atom stereocenters. The van der Waals surface area contributed by atoms with Gasteiger partial charge in [0.1, 0.15) is 11.5 Å². The number of aromatic hydroxyl groups is 2. The van der Waals surface area contributed by atoms with Crippen molar-refractivity contribution in [2.45, 2.75) is 0 Å². The normalized spacial score (nSPS) is 10.9. The van der Waals surface area contributed by atoms with E-state index >= 15 is 0 Å². The summed E-state index contributed by atoms with van der Waals surface area (Å²) in [6, 6.07) is 16.8. The van der Waals surface area contributed by atoms with Crippen molar-refractivity contribution in [1.29, 1.82) is 0 Å². The first-order valence-electron chi connectivity index (χ1n) is 8.04. The van der Waals surface area contributed by atoms with Crippen LogP contribution in [0.1, 0.15) is 20.7 Å². The molecular formula is C22H14O4. The van der Waals surface area contributed by atoms with Gasteiger partial charge in [0.05, 0.1) is 0 Å². The second-order valence-corrected chi connectivity index (χ2v) is 6.11. The zero-order valence-electron chi connectivity index (χ0n) is 13.6. The van der Waals surface area contributed by atoms with Crippen LogP contribution in [-0.2, 0) is 0 Å². The maximum absolute atomic E-state index is 11.7. The van der Waals surface area contributed by atoms with E-state index in [2.05, 4.69) is 0 Å². The highest BCUT2D eigenvalue weighted by Gasteiger charge is 2.17. The van der Waals surface area contributed by atoms with Gasteiger partial charge in [-0.15, -0.1) is 0 Å². The summed E-state index contributed by atoms with van der Waals surface area (Å²) in [5.41, 5.74) is 1.93. The summed E-state index contributed by atoms with van der Waals surface area (Å²) in [7, 11) is 0. The molecule has 26 heavy (non-hydrogen) atoms. The van der Waals surface area contributed by atoms with Gasteiger partial charge in [0.15, 0.2) is 12.6 Å². The van der Waals surface area contributed by atoms with Gasteiger partial charge < -0.3 is 10.2 Å². The number of rotatable bonds is 3. The molecule has 4 heteroatoms. The molecule has 0 saturated heterocycles. The van der Waals surface area contributed by atoms with E-state index in [1.807, 2.05) is 0 Å². The van der Waals surface area contributed by atoms with Crippen LogP contribution < -0.4 is 0 Å². The number of phenols is 2. The Morgan fingerprint density at radius 2 is 0.962 bits per heavy atom. The van der Waals surface area contributed by atoms with Crippen LogP contribution in [0.15, 0.2) is 60.7 Å². The third-order valence-electron chi connectivity index (χ3n) is 4.58. The van der Waals surface area contributed by atoms with Crippen LogP contribution in [0.3, 0.4) is 0 Å². The minimum atomic E-state index is 0.0672. The van der Waals surface area contributed by atoms with E-state index in [0.29, 0.717) is 33.0 Å². The van der Waals surface area contributed by atoms with Gasteiger partial charge in [-0.2, -0.15) is 0 Å². The van der Waals surface area contributed by atoms with Crippen molar-refractivity contribution in [2.75, 3.05) is 0 Å². The van der Waals surface area contributed by atoms with Crippen LogP contribution in [0.2, 0.25) is 0 Å². The quantitative estimate of drug-likeness (QED) is 0.529. The topological polar surface area (TPSA) is 74.6 Å². The molecule has 0 fully saturated rings.